The molecule has 66 valence electrons. The number of rotatable bonds is 3. The maximum Gasteiger partial charge on any atom is 0.239 e. The van der Waals surface area contributed by atoms with Crippen LogP contribution in [-0.2, 0) is 11.2 Å². The Morgan fingerprint density at radius 1 is 1.38 bits per heavy atom. The molecule has 3 heteroatoms. The van der Waals surface area contributed by atoms with Gasteiger partial charge in [0.25, 0.3) is 0 Å². The molecule has 0 N–H and O–H groups in total. The van der Waals surface area contributed by atoms with Crippen molar-refractivity contribution in [2.45, 2.75) is 6.42 Å². The van der Waals surface area contributed by atoms with Crippen LogP contribution >= 0.6 is 15.9 Å². The molecule has 0 aliphatic carbocycles. The minimum atomic E-state index is 0.776. The van der Waals surface area contributed by atoms with E-state index in [-0.39, 0.29) is 0 Å². The van der Waals surface area contributed by atoms with E-state index in [0.717, 1.165) is 10.9 Å². The summed E-state index contributed by atoms with van der Waals surface area (Å²) in [6.45, 7) is 0. The number of nitrogens with zero attached hydrogens (tertiary/aromatic N) is 1. The van der Waals surface area contributed by atoms with E-state index in [0.29, 0.717) is 0 Å². The fourth-order valence-electron chi connectivity index (χ4n) is 0.892. The van der Waals surface area contributed by atoms with E-state index in [4.69, 9.17) is 0 Å². The Hall–Kier alpha value is -1.18. The van der Waals surface area contributed by atoms with Crippen molar-refractivity contribution in [1.29, 1.82) is 0 Å². The number of hydrogen-bond acceptors (Lipinski definition) is 2. The third-order valence-corrected chi connectivity index (χ3v) is 2.03. The van der Waals surface area contributed by atoms with Gasteiger partial charge >= 0.3 is 0 Å². The van der Waals surface area contributed by atoms with Gasteiger partial charge in [-0.1, -0.05) is 34.1 Å². The number of isocyanates is 1. The Kier molecular flexibility index (Phi) is 4.16. The number of carbonyl (C=O) groups excluding carboxylic acids is 1. The summed E-state index contributed by atoms with van der Waals surface area (Å²) in [5, 5.41) is 0. The summed E-state index contributed by atoms with van der Waals surface area (Å²) >= 11 is 3.35. The lowest BCUT2D eigenvalue weighted by Crippen LogP contribution is -1.78. The Bertz CT molecular complexity index is 336. The molecule has 1 aromatic rings. The van der Waals surface area contributed by atoms with E-state index in [1.165, 1.54) is 17.8 Å². The van der Waals surface area contributed by atoms with Crippen LogP contribution in [0.15, 0.2) is 46.0 Å². The molecule has 0 heterocycles. The van der Waals surface area contributed by atoms with Gasteiger partial charge in [-0.15, -0.1) is 0 Å². The second-order valence-electron chi connectivity index (χ2n) is 2.44. The average Bonchev–Trinajstić information content (AvgIpc) is 2.15. The van der Waals surface area contributed by atoms with Gasteiger partial charge in [0.15, 0.2) is 0 Å². The van der Waals surface area contributed by atoms with Gasteiger partial charge in [0.1, 0.15) is 0 Å². The molecule has 0 aliphatic heterocycles. The molecule has 13 heavy (non-hydrogen) atoms. The van der Waals surface area contributed by atoms with Gasteiger partial charge in [-0.05, 0) is 24.1 Å². The summed E-state index contributed by atoms with van der Waals surface area (Å²) in [5.74, 6) is 0. The zero-order chi connectivity index (χ0) is 9.52. The summed E-state index contributed by atoms with van der Waals surface area (Å²) in [7, 11) is 0. The molecule has 0 aromatic heterocycles. The van der Waals surface area contributed by atoms with E-state index in [1.54, 1.807) is 0 Å². The molecule has 0 spiro atoms. The second kappa shape index (κ2) is 5.46. The highest BCUT2D eigenvalue weighted by Crippen LogP contribution is 2.10. The van der Waals surface area contributed by atoms with Crippen LogP contribution < -0.4 is 0 Å². The quantitative estimate of drug-likeness (QED) is 0.588. The predicted molar refractivity (Wildman–Crippen MR) is 55.1 cm³/mol. The van der Waals surface area contributed by atoms with Crippen molar-refractivity contribution >= 4 is 22.0 Å². The topological polar surface area (TPSA) is 29.4 Å². The Morgan fingerprint density at radius 2 is 2.08 bits per heavy atom. The molecule has 0 aliphatic rings. The number of aliphatic imine (C=N–C) groups is 1. The molecule has 1 aromatic carbocycles. The second-order valence-corrected chi connectivity index (χ2v) is 3.35. The lowest BCUT2D eigenvalue weighted by molar-refractivity contribution is 0.565. The molecule has 0 bridgehead atoms. The van der Waals surface area contributed by atoms with Crippen molar-refractivity contribution in [3.63, 3.8) is 0 Å². The van der Waals surface area contributed by atoms with Gasteiger partial charge in [0.2, 0.25) is 6.08 Å². The van der Waals surface area contributed by atoms with Crippen molar-refractivity contribution < 1.29 is 4.79 Å². The van der Waals surface area contributed by atoms with Crippen LogP contribution in [0.25, 0.3) is 0 Å². The number of benzene rings is 1. The monoisotopic (exact) mass is 237 g/mol. The average molecular weight is 238 g/mol. The summed E-state index contributed by atoms with van der Waals surface area (Å²) < 4.78 is 1.06. The molecule has 0 saturated carbocycles. The highest BCUT2D eigenvalue weighted by molar-refractivity contribution is 9.10. The molecule has 1 rings (SSSR count). The van der Waals surface area contributed by atoms with Gasteiger partial charge in [-0.25, -0.2) is 4.79 Å². The van der Waals surface area contributed by atoms with Gasteiger partial charge in [-0.3, -0.25) is 0 Å². The first kappa shape index (κ1) is 9.90. The standard InChI is InChI=1S/C10H8BrNO/c11-10-5-3-9(4-6-10)2-1-7-12-8-13/h1,3-7H,2H2/b7-1-. The number of hydrogen-bond donors (Lipinski definition) is 0. The van der Waals surface area contributed by atoms with Crippen LogP contribution in [0.3, 0.4) is 0 Å². The van der Waals surface area contributed by atoms with E-state index < -0.39 is 0 Å². The fourth-order valence-corrected chi connectivity index (χ4v) is 1.16. The first-order chi connectivity index (χ1) is 6.33. The van der Waals surface area contributed by atoms with Crippen LogP contribution in [0, 0.1) is 0 Å². The third kappa shape index (κ3) is 3.83. The molecule has 0 saturated heterocycles. The Balaban J connectivity index is 2.55. The van der Waals surface area contributed by atoms with Crippen LogP contribution in [0.1, 0.15) is 5.56 Å². The smallest absolute Gasteiger partial charge is 0.211 e. The Morgan fingerprint density at radius 3 is 2.69 bits per heavy atom. The van der Waals surface area contributed by atoms with Crippen LogP contribution in [0.5, 0.6) is 0 Å². The van der Waals surface area contributed by atoms with Crippen molar-refractivity contribution in [3.05, 3.63) is 46.6 Å². The zero-order valence-electron chi connectivity index (χ0n) is 6.90. The van der Waals surface area contributed by atoms with Crippen molar-refractivity contribution in [1.82, 2.24) is 0 Å². The molecule has 0 radical (unpaired) electrons. The molecule has 0 atom stereocenters. The number of halogens is 1. The first-order valence-electron chi connectivity index (χ1n) is 3.79. The predicted octanol–water partition coefficient (Wildman–Crippen LogP) is 2.84. The summed E-state index contributed by atoms with van der Waals surface area (Å²) in [6, 6.07) is 7.98. The van der Waals surface area contributed by atoms with Crippen LogP contribution in [0.2, 0.25) is 0 Å². The molecule has 0 fully saturated rings. The van der Waals surface area contributed by atoms with E-state index in [9.17, 15) is 4.79 Å². The molecular formula is C10H8BrNO. The van der Waals surface area contributed by atoms with Crippen LogP contribution in [0.4, 0.5) is 0 Å². The lowest BCUT2D eigenvalue weighted by Gasteiger charge is -1.94. The largest absolute Gasteiger partial charge is 0.239 e. The van der Waals surface area contributed by atoms with Crippen LogP contribution in [-0.4, -0.2) is 6.08 Å². The highest BCUT2D eigenvalue weighted by Gasteiger charge is 1.88. The summed E-state index contributed by atoms with van der Waals surface area (Å²) in [4.78, 5) is 13.0. The summed E-state index contributed by atoms with van der Waals surface area (Å²) in [6.07, 6.45) is 5.49. The van der Waals surface area contributed by atoms with Gasteiger partial charge < -0.3 is 0 Å². The SMILES string of the molecule is O=C=N/C=C\Cc1ccc(Br)cc1. The van der Waals surface area contributed by atoms with Gasteiger partial charge in [0.05, 0.1) is 0 Å². The summed E-state index contributed by atoms with van der Waals surface area (Å²) in [5.41, 5.74) is 1.18. The zero-order valence-corrected chi connectivity index (χ0v) is 8.49. The molecule has 0 amide bonds. The minimum Gasteiger partial charge on any atom is -0.211 e. The van der Waals surface area contributed by atoms with E-state index in [1.807, 2.05) is 30.3 Å². The van der Waals surface area contributed by atoms with E-state index in [2.05, 4.69) is 20.9 Å². The minimum absolute atomic E-state index is 0.776. The molecule has 2 nitrogen and oxygen atoms in total. The molecular weight excluding hydrogens is 230 g/mol. The number of allylic oxidation sites excluding steroid dienone is 1. The lowest BCUT2D eigenvalue weighted by atomic mass is 10.1. The highest BCUT2D eigenvalue weighted by atomic mass is 79.9. The van der Waals surface area contributed by atoms with Crippen molar-refractivity contribution in [3.8, 4) is 0 Å². The van der Waals surface area contributed by atoms with Crippen molar-refractivity contribution in [2.24, 2.45) is 4.99 Å². The normalized spacial score (nSPS) is 9.92. The van der Waals surface area contributed by atoms with Crippen molar-refractivity contribution in [2.75, 3.05) is 0 Å². The maximum absolute atomic E-state index is 9.71. The van der Waals surface area contributed by atoms with E-state index >= 15 is 0 Å². The molecule has 0 unspecified atom stereocenters. The first-order valence-corrected chi connectivity index (χ1v) is 4.58. The van der Waals surface area contributed by atoms with Gasteiger partial charge in [0, 0.05) is 10.7 Å². The maximum atomic E-state index is 9.71. The van der Waals surface area contributed by atoms with Gasteiger partial charge in [-0.2, -0.15) is 4.99 Å². The Labute approximate surface area is 85.1 Å². The third-order valence-electron chi connectivity index (χ3n) is 1.50. The fraction of sp³-hybridized carbons (Fsp3) is 0.100.